The van der Waals surface area contributed by atoms with Crippen LogP contribution in [0.4, 0.5) is 0 Å². The van der Waals surface area contributed by atoms with Gasteiger partial charge in [-0.25, -0.2) is 4.99 Å². The number of methoxy groups -OCH3 is 5. The van der Waals surface area contributed by atoms with E-state index in [1.165, 1.54) is 11.1 Å². The monoisotopic (exact) mass is 571 g/mol. The summed E-state index contributed by atoms with van der Waals surface area (Å²) in [4.78, 5) is 7.15. The molecule has 0 unspecified atom stereocenters. The highest BCUT2D eigenvalue weighted by Gasteiger charge is 2.22. The molecule has 0 saturated carbocycles. The maximum atomic E-state index is 5.61. The summed E-state index contributed by atoms with van der Waals surface area (Å²) in [6.07, 6.45) is 0.903. The molecule has 1 aliphatic rings. The van der Waals surface area contributed by atoms with Gasteiger partial charge in [-0.05, 0) is 48.7 Å². The Bertz CT molecular complexity index is 968. The average Bonchev–Trinajstić information content (AvgIpc) is 2.84. The van der Waals surface area contributed by atoms with Gasteiger partial charge >= 0.3 is 0 Å². The minimum absolute atomic E-state index is 0. The van der Waals surface area contributed by atoms with E-state index < -0.39 is 0 Å². The van der Waals surface area contributed by atoms with Crippen LogP contribution in [0.15, 0.2) is 29.3 Å². The van der Waals surface area contributed by atoms with Crippen LogP contribution in [0, 0.1) is 0 Å². The molecule has 0 atom stereocenters. The Labute approximate surface area is 213 Å². The summed E-state index contributed by atoms with van der Waals surface area (Å²) < 4.78 is 27.4. The van der Waals surface area contributed by atoms with Crippen molar-refractivity contribution in [3.8, 4) is 28.7 Å². The summed E-state index contributed by atoms with van der Waals surface area (Å²) in [7, 11) is 8.16. The number of fused-ring (bicyclic) bond motifs is 1. The topological polar surface area (TPSA) is 73.8 Å². The van der Waals surface area contributed by atoms with Crippen molar-refractivity contribution >= 4 is 29.9 Å². The number of benzene rings is 2. The Morgan fingerprint density at radius 2 is 1.52 bits per heavy atom. The molecule has 182 valence electrons. The molecule has 8 nitrogen and oxygen atoms in total. The second-order valence-electron chi connectivity index (χ2n) is 7.31. The van der Waals surface area contributed by atoms with Crippen molar-refractivity contribution in [2.24, 2.45) is 4.99 Å². The van der Waals surface area contributed by atoms with Gasteiger partial charge in [0.05, 0.1) is 42.1 Å². The third-order valence-electron chi connectivity index (χ3n) is 5.54. The van der Waals surface area contributed by atoms with Gasteiger partial charge in [-0.3, -0.25) is 0 Å². The molecule has 1 aliphatic heterocycles. The first-order chi connectivity index (χ1) is 15.6. The van der Waals surface area contributed by atoms with Crippen molar-refractivity contribution in [2.75, 3.05) is 48.6 Å². The van der Waals surface area contributed by atoms with Crippen molar-refractivity contribution < 1.29 is 23.7 Å². The van der Waals surface area contributed by atoms with Gasteiger partial charge in [0.1, 0.15) is 0 Å². The Morgan fingerprint density at radius 1 is 0.879 bits per heavy atom. The SMILES string of the molecule is CCNC(=NCc1ccc(OC)c(OC)c1OC)N1CCc2cc(OC)c(OC)cc2C1.I. The third kappa shape index (κ3) is 5.87. The number of hydrogen-bond acceptors (Lipinski definition) is 6. The summed E-state index contributed by atoms with van der Waals surface area (Å²) in [6, 6.07) is 7.96. The number of nitrogens with one attached hydrogen (secondary N) is 1. The average molecular weight is 571 g/mol. The van der Waals surface area contributed by atoms with Crippen LogP contribution in [0.5, 0.6) is 28.7 Å². The minimum atomic E-state index is 0. The molecule has 1 N–H and O–H groups in total. The Kier molecular flexibility index (Phi) is 10.2. The highest BCUT2D eigenvalue weighted by atomic mass is 127. The third-order valence-corrected chi connectivity index (χ3v) is 5.54. The molecule has 9 heteroatoms. The molecule has 1 heterocycles. The predicted molar refractivity (Wildman–Crippen MR) is 140 cm³/mol. The standard InChI is InChI=1S/C24H33N3O5.HI/c1-7-25-24(26-14-17-8-9-19(28-2)23(32-6)22(17)31-5)27-11-10-16-12-20(29-3)21(30-4)13-18(16)15-27;/h8-9,12-13H,7,10-11,14-15H2,1-6H3,(H,25,26);1H. The number of rotatable bonds is 8. The zero-order chi connectivity index (χ0) is 23.1. The first-order valence-corrected chi connectivity index (χ1v) is 10.6. The van der Waals surface area contributed by atoms with Crippen LogP contribution < -0.4 is 29.0 Å². The van der Waals surface area contributed by atoms with E-state index in [0.29, 0.717) is 23.8 Å². The van der Waals surface area contributed by atoms with E-state index in [0.717, 1.165) is 49.1 Å². The number of halogens is 1. The molecule has 0 saturated heterocycles. The van der Waals surface area contributed by atoms with Crippen LogP contribution in [0.1, 0.15) is 23.6 Å². The number of aliphatic imine (C=N–C) groups is 1. The maximum Gasteiger partial charge on any atom is 0.203 e. The van der Waals surface area contributed by atoms with E-state index >= 15 is 0 Å². The molecule has 2 aromatic carbocycles. The molecule has 0 spiro atoms. The van der Waals surface area contributed by atoms with E-state index in [1.54, 1.807) is 35.5 Å². The fraction of sp³-hybridized carbons (Fsp3) is 0.458. The van der Waals surface area contributed by atoms with Gasteiger partial charge in [-0.1, -0.05) is 0 Å². The smallest absolute Gasteiger partial charge is 0.203 e. The van der Waals surface area contributed by atoms with Crippen LogP contribution in [-0.4, -0.2) is 59.5 Å². The second kappa shape index (κ2) is 12.6. The number of guanidine groups is 1. The van der Waals surface area contributed by atoms with Gasteiger partial charge in [0.2, 0.25) is 5.75 Å². The summed E-state index contributed by atoms with van der Waals surface area (Å²) in [5.74, 6) is 4.18. The zero-order valence-electron chi connectivity index (χ0n) is 20.2. The lowest BCUT2D eigenvalue weighted by atomic mass is 9.99. The van der Waals surface area contributed by atoms with Crippen molar-refractivity contribution in [1.29, 1.82) is 0 Å². The summed E-state index contributed by atoms with van der Waals surface area (Å²) in [5.41, 5.74) is 3.41. The molecule has 0 radical (unpaired) electrons. The Hall–Kier alpha value is -2.56. The molecule has 3 rings (SSSR count). The minimum Gasteiger partial charge on any atom is -0.493 e. The fourth-order valence-electron chi connectivity index (χ4n) is 3.94. The van der Waals surface area contributed by atoms with Gasteiger partial charge < -0.3 is 33.9 Å². The molecule has 33 heavy (non-hydrogen) atoms. The second-order valence-corrected chi connectivity index (χ2v) is 7.31. The van der Waals surface area contributed by atoms with Crippen LogP contribution in [0.2, 0.25) is 0 Å². The first-order valence-electron chi connectivity index (χ1n) is 10.6. The zero-order valence-corrected chi connectivity index (χ0v) is 22.5. The number of ether oxygens (including phenoxy) is 5. The fourth-order valence-corrected chi connectivity index (χ4v) is 3.94. The molecule has 0 bridgehead atoms. The maximum absolute atomic E-state index is 5.61. The molecule has 0 aliphatic carbocycles. The predicted octanol–water partition coefficient (Wildman–Crippen LogP) is 3.87. The van der Waals surface area contributed by atoms with E-state index in [1.807, 2.05) is 12.1 Å². The van der Waals surface area contributed by atoms with E-state index in [9.17, 15) is 0 Å². The van der Waals surface area contributed by atoms with Crippen molar-refractivity contribution in [3.05, 3.63) is 41.0 Å². The molecule has 0 fully saturated rings. The van der Waals surface area contributed by atoms with Crippen molar-refractivity contribution in [1.82, 2.24) is 10.2 Å². The number of hydrogen-bond donors (Lipinski definition) is 1. The molecule has 0 amide bonds. The summed E-state index contributed by atoms with van der Waals surface area (Å²) in [6.45, 7) is 4.89. The molecular formula is C24H34IN3O5. The van der Waals surface area contributed by atoms with Gasteiger partial charge in [-0.15, -0.1) is 24.0 Å². The van der Waals surface area contributed by atoms with Crippen LogP contribution >= 0.6 is 24.0 Å². The van der Waals surface area contributed by atoms with Gasteiger partial charge in [0.25, 0.3) is 0 Å². The van der Waals surface area contributed by atoms with Gasteiger partial charge in [0.15, 0.2) is 29.0 Å². The largest absolute Gasteiger partial charge is 0.493 e. The lowest BCUT2D eigenvalue weighted by molar-refractivity contribution is 0.322. The Balaban J connectivity index is 0.00000385. The normalized spacial score (nSPS) is 12.9. The molecule has 2 aromatic rings. The number of nitrogens with zero attached hydrogens (tertiary/aromatic N) is 2. The van der Waals surface area contributed by atoms with Gasteiger partial charge in [0, 0.05) is 25.2 Å². The lowest BCUT2D eigenvalue weighted by Gasteiger charge is -2.32. The molecule has 0 aromatic heterocycles. The highest BCUT2D eigenvalue weighted by Crippen LogP contribution is 2.40. The first kappa shape index (κ1) is 26.7. The summed E-state index contributed by atoms with van der Waals surface area (Å²) >= 11 is 0. The van der Waals surface area contributed by atoms with Gasteiger partial charge in [-0.2, -0.15) is 0 Å². The van der Waals surface area contributed by atoms with E-state index in [-0.39, 0.29) is 24.0 Å². The summed E-state index contributed by atoms with van der Waals surface area (Å²) in [5, 5.41) is 3.42. The Morgan fingerprint density at radius 3 is 2.09 bits per heavy atom. The van der Waals surface area contributed by atoms with Crippen LogP contribution in [0.3, 0.4) is 0 Å². The molecular weight excluding hydrogens is 537 g/mol. The highest BCUT2D eigenvalue weighted by molar-refractivity contribution is 14.0. The van der Waals surface area contributed by atoms with Crippen LogP contribution in [0.25, 0.3) is 0 Å². The quantitative estimate of drug-likeness (QED) is 0.293. The van der Waals surface area contributed by atoms with E-state index in [4.69, 9.17) is 28.7 Å². The van der Waals surface area contributed by atoms with Crippen LogP contribution in [-0.2, 0) is 19.5 Å². The van der Waals surface area contributed by atoms with Crippen molar-refractivity contribution in [3.63, 3.8) is 0 Å². The van der Waals surface area contributed by atoms with Crippen molar-refractivity contribution in [2.45, 2.75) is 26.4 Å². The van der Waals surface area contributed by atoms with E-state index in [2.05, 4.69) is 29.3 Å². The lowest BCUT2D eigenvalue weighted by Crippen LogP contribution is -2.44.